The first-order valence-electron chi connectivity index (χ1n) is 4.21. The highest BCUT2D eigenvalue weighted by Gasteiger charge is 1.86. The molecule has 0 atom stereocenters. The molecule has 70 valence electrons. The molecule has 0 heteroatoms. The summed E-state index contributed by atoms with van der Waals surface area (Å²) in [4.78, 5) is 0. The average molecular weight is 190 g/mol. The van der Waals surface area contributed by atoms with Crippen molar-refractivity contribution in [2.24, 2.45) is 0 Å². The predicted molar refractivity (Wildman–Crippen MR) is 61.2 cm³/mol. The number of rotatable bonds is 1. The van der Waals surface area contributed by atoms with Gasteiger partial charge in [-0.15, -0.1) is 0 Å². The molecule has 0 bridgehead atoms. The quantitative estimate of drug-likeness (QED) is 0.438. The summed E-state index contributed by atoms with van der Waals surface area (Å²) >= 11 is 0. The fourth-order valence-corrected chi connectivity index (χ4v) is 0.557. The second-order valence-electron chi connectivity index (χ2n) is 2.48. The van der Waals surface area contributed by atoms with E-state index in [1.54, 1.807) is 0 Å². The molecule has 0 fully saturated rings. The van der Waals surface area contributed by atoms with Gasteiger partial charge in [0.25, 0.3) is 0 Å². The van der Waals surface area contributed by atoms with Crippen LogP contribution >= 0.6 is 0 Å². The van der Waals surface area contributed by atoms with Gasteiger partial charge in [-0.05, 0) is 55.7 Å². The highest BCUT2D eigenvalue weighted by atomic mass is 13.9. The summed E-state index contributed by atoms with van der Waals surface area (Å²) in [6, 6.07) is 0. The Hall–Kier alpha value is -2.50. The minimum Gasteiger partial charge on any atom is -0.0687 e. The van der Waals surface area contributed by atoms with Gasteiger partial charge in [0.05, 0.1) is 0 Å². The molecule has 0 aromatic heterocycles. The summed E-state index contributed by atoms with van der Waals surface area (Å²) in [5.41, 5.74) is 25.4. The summed E-state index contributed by atoms with van der Waals surface area (Å²) < 4.78 is 0. The van der Waals surface area contributed by atoms with Crippen LogP contribution in [0.4, 0.5) is 0 Å². The summed E-state index contributed by atoms with van der Waals surface area (Å²) in [6.07, 6.45) is 0. The molecule has 0 saturated carbocycles. The normalized spacial score (nSPS) is 5.47. The monoisotopic (exact) mass is 190 g/mol. The molecule has 0 rings (SSSR count). The van der Waals surface area contributed by atoms with Crippen LogP contribution in [0.1, 0.15) is 13.8 Å². The van der Waals surface area contributed by atoms with Crippen LogP contribution in [0.2, 0.25) is 0 Å². The Morgan fingerprint density at radius 1 is 0.667 bits per heavy atom. The second kappa shape index (κ2) is 8.11. The van der Waals surface area contributed by atoms with E-state index in [2.05, 4.69) is 64.7 Å². The molecule has 0 saturated heterocycles. The van der Waals surface area contributed by atoms with Gasteiger partial charge in [-0.2, -0.15) is 0 Å². The number of hydrogen-bond acceptors (Lipinski definition) is 0. The molecule has 0 amide bonds. The minimum atomic E-state index is 0.881. The molecule has 0 unspecified atom stereocenters. The van der Waals surface area contributed by atoms with Crippen molar-refractivity contribution in [2.45, 2.75) is 13.8 Å². The first kappa shape index (κ1) is 12.5. The van der Waals surface area contributed by atoms with Gasteiger partial charge in [-0.25, -0.2) is 0 Å². The van der Waals surface area contributed by atoms with E-state index >= 15 is 0 Å². The van der Waals surface area contributed by atoms with Gasteiger partial charge in [0, 0.05) is 11.1 Å². The SMILES string of the molecule is C=C=C=C=C=C=C(C)C(C)=C=C=C=C=C. The third-order valence-corrected chi connectivity index (χ3v) is 1.43. The molecule has 0 heterocycles. The lowest BCUT2D eigenvalue weighted by Gasteiger charge is -1.87. The molecule has 0 nitrogen and oxygen atoms in total. The Morgan fingerprint density at radius 3 is 1.53 bits per heavy atom. The number of hydrogen-bond donors (Lipinski definition) is 0. The van der Waals surface area contributed by atoms with Crippen LogP contribution in [0, 0.1) is 0 Å². The zero-order valence-corrected chi connectivity index (χ0v) is 8.91. The van der Waals surface area contributed by atoms with Crippen molar-refractivity contribution in [3.63, 3.8) is 0 Å². The van der Waals surface area contributed by atoms with Crippen LogP contribution in [0.3, 0.4) is 0 Å². The molecule has 0 aliphatic carbocycles. The molecule has 0 radical (unpaired) electrons. The maximum Gasteiger partial charge on any atom is 0.0112 e. The molecule has 15 heavy (non-hydrogen) atoms. The highest BCUT2D eigenvalue weighted by molar-refractivity contribution is 5.25. The first-order chi connectivity index (χ1) is 7.22. The van der Waals surface area contributed by atoms with Crippen molar-refractivity contribution >= 4 is 0 Å². The molecule has 0 aliphatic rings. The van der Waals surface area contributed by atoms with E-state index in [9.17, 15) is 0 Å². The van der Waals surface area contributed by atoms with Crippen molar-refractivity contribution in [1.29, 1.82) is 0 Å². The van der Waals surface area contributed by atoms with Crippen molar-refractivity contribution in [1.82, 2.24) is 0 Å². The van der Waals surface area contributed by atoms with Crippen LogP contribution in [0.25, 0.3) is 0 Å². The van der Waals surface area contributed by atoms with Gasteiger partial charge in [0.15, 0.2) is 0 Å². The summed E-state index contributed by atoms with van der Waals surface area (Å²) in [6.45, 7) is 10.5. The number of allylic oxidation sites excluding steroid dienone is 2. The average Bonchev–Trinajstić information content (AvgIpc) is 2.24. The molecule has 0 aromatic carbocycles. The van der Waals surface area contributed by atoms with Crippen LogP contribution in [0.15, 0.2) is 75.9 Å². The Balaban J connectivity index is 5.70. The van der Waals surface area contributed by atoms with E-state index in [4.69, 9.17) is 0 Å². The van der Waals surface area contributed by atoms with E-state index in [1.165, 1.54) is 0 Å². The molecule has 0 aromatic rings. The van der Waals surface area contributed by atoms with Gasteiger partial charge in [-0.1, -0.05) is 22.9 Å². The summed E-state index contributed by atoms with van der Waals surface area (Å²) in [5, 5.41) is 0. The van der Waals surface area contributed by atoms with Crippen molar-refractivity contribution < 1.29 is 0 Å². The van der Waals surface area contributed by atoms with E-state index < -0.39 is 0 Å². The van der Waals surface area contributed by atoms with E-state index in [0.717, 1.165) is 11.1 Å². The third-order valence-electron chi connectivity index (χ3n) is 1.43. The molecule has 0 spiro atoms. The topological polar surface area (TPSA) is 0 Å². The van der Waals surface area contributed by atoms with Crippen LogP contribution in [-0.2, 0) is 0 Å². The molecule has 0 N–H and O–H groups in total. The molecular formula is C15H10. The lowest BCUT2D eigenvalue weighted by Crippen LogP contribution is -1.71. The van der Waals surface area contributed by atoms with Crippen LogP contribution < -0.4 is 0 Å². The zero-order valence-electron chi connectivity index (χ0n) is 8.91. The minimum absolute atomic E-state index is 0.881. The van der Waals surface area contributed by atoms with Crippen LogP contribution in [0.5, 0.6) is 0 Å². The van der Waals surface area contributed by atoms with Gasteiger partial charge in [-0.3, -0.25) is 0 Å². The largest absolute Gasteiger partial charge is 0.0687 e. The van der Waals surface area contributed by atoms with Crippen molar-refractivity contribution in [3.8, 4) is 0 Å². The van der Waals surface area contributed by atoms with E-state index in [-0.39, 0.29) is 0 Å². The smallest absolute Gasteiger partial charge is 0.0112 e. The van der Waals surface area contributed by atoms with Gasteiger partial charge in [0.2, 0.25) is 0 Å². The Morgan fingerprint density at radius 2 is 1.07 bits per heavy atom. The Kier molecular flexibility index (Phi) is 6.76. The standard InChI is InChI=1S/C15H10/c1-5-7-9-11-13-15(4)14(3)12-10-8-6-2/h1-2H2,3-4H3. The van der Waals surface area contributed by atoms with Crippen LogP contribution in [-0.4, -0.2) is 0 Å². The lowest BCUT2D eigenvalue weighted by atomic mass is 10.1. The summed E-state index contributed by atoms with van der Waals surface area (Å²) in [7, 11) is 0. The first-order valence-corrected chi connectivity index (χ1v) is 4.21. The zero-order chi connectivity index (χ0) is 11.5. The fourth-order valence-electron chi connectivity index (χ4n) is 0.557. The summed E-state index contributed by atoms with van der Waals surface area (Å²) in [5.74, 6) is 0. The predicted octanol–water partition coefficient (Wildman–Crippen LogP) is 3.53. The third kappa shape index (κ3) is 6.64. The van der Waals surface area contributed by atoms with Crippen molar-refractivity contribution in [3.05, 3.63) is 75.9 Å². The van der Waals surface area contributed by atoms with E-state index in [1.807, 2.05) is 13.8 Å². The van der Waals surface area contributed by atoms with E-state index in [0.29, 0.717) is 0 Å². The molecular weight excluding hydrogens is 180 g/mol. The van der Waals surface area contributed by atoms with Gasteiger partial charge in [0.1, 0.15) is 0 Å². The maximum atomic E-state index is 3.36. The second-order valence-corrected chi connectivity index (χ2v) is 2.48. The molecule has 0 aliphatic heterocycles. The fraction of sp³-hybridized carbons (Fsp3) is 0.133. The highest BCUT2D eigenvalue weighted by Crippen LogP contribution is 2.02. The van der Waals surface area contributed by atoms with Gasteiger partial charge < -0.3 is 0 Å². The van der Waals surface area contributed by atoms with Gasteiger partial charge >= 0.3 is 0 Å². The Labute approximate surface area is 90.3 Å². The maximum absolute atomic E-state index is 3.36. The van der Waals surface area contributed by atoms with Crippen molar-refractivity contribution in [2.75, 3.05) is 0 Å². The Bertz CT molecular complexity index is 585. The lowest BCUT2D eigenvalue weighted by molar-refractivity contribution is 1.37.